The predicted molar refractivity (Wildman–Crippen MR) is 150 cm³/mol. The van der Waals surface area contributed by atoms with Crippen LogP contribution in [0.3, 0.4) is 0 Å². The van der Waals surface area contributed by atoms with Gasteiger partial charge in [0.2, 0.25) is 15.9 Å². The standard InChI is InChI=1S/C27H29N5O4S2/c1-16(2)38(35,36)32-14-23(18(4)19(32)5)26(34)29-13-25(33)31-27-30-24(15-37-27)22-8-6-7-20(12-22)21-9-10-28-17(3)11-21/h6-12,14-16H,13H2,1-5H3,(H,29,34)(H,30,31,33). The van der Waals surface area contributed by atoms with Crippen LogP contribution in [0.1, 0.15) is 41.2 Å². The molecule has 38 heavy (non-hydrogen) atoms. The van der Waals surface area contributed by atoms with Gasteiger partial charge in [0, 0.05) is 34.7 Å². The maximum atomic E-state index is 12.7. The number of nitrogens with zero attached hydrogens (tertiary/aromatic N) is 3. The van der Waals surface area contributed by atoms with Crippen LogP contribution in [0.25, 0.3) is 22.4 Å². The first-order valence-corrected chi connectivity index (χ1v) is 14.4. The molecular formula is C27H29N5O4S2. The number of rotatable bonds is 8. The van der Waals surface area contributed by atoms with Crippen LogP contribution in [0.4, 0.5) is 5.13 Å². The summed E-state index contributed by atoms with van der Waals surface area (Å²) < 4.78 is 26.3. The minimum Gasteiger partial charge on any atom is -0.343 e. The Morgan fingerprint density at radius 1 is 1.05 bits per heavy atom. The third-order valence-electron chi connectivity index (χ3n) is 6.19. The number of nitrogens with one attached hydrogen (secondary N) is 2. The molecular weight excluding hydrogens is 522 g/mol. The number of aryl methyl sites for hydroxylation is 1. The Bertz CT molecular complexity index is 1620. The van der Waals surface area contributed by atoms with Crippen LogP contribution in [0.2, 0.25) is 0 Å². The summed E-state index contributed by atoms with van der Waals surface area (Å²) in [7, 11) is -3.61. The summed E-state index contributed by atoms with van der Waals surface area (Å²) in [4.78, 5) is 34.0. The van der Waals surface area contributed by atoms with E-state index in [4.69, 9.17) is 0 Å². The molecule has 0 saturated carbocycles. The fraction of sp³-hybridized carbons (Fsp3) is 0.259. The lowest BCUT2D eigenvalue weighted by Gasteiger charge is -2.10. The third-order valence-corrected chi connectivity index (χ3v) is 9.06. The van der Waals surface area contributed by atoms with E-state index in [9.17, 15) is 18.0 Å². The first-order valence-electron chi connectivity index (χ1n) is 12.0. The Kier molecular flexibility index (Phi) is 7.79. The summed E-state index contributed by atoms with van der Waals surface area (Å²) in [6.45, 7) is 8.14. The molecule has 0 unspecified atom stereocenters. The second-order valence-corrected chi connectivity index (χ2v) is 12.4. The maximum absolute atomic E-state index is 12.7. The predicted octanol–water partition coefficient (Wildman–Crippen LogP) is 4.55. The van der Waals surface area contributed by atoms with Gasteiger partial charge in [0.25, 0.3) is 5.91 Å². The molecule has 4 rings (SSSR count). The molecule has 0 aliphatic rings. The monoisotopic (exact) mass is 551 g/mol. The minimum atomic E-state index is -3.61. The number of carbonyl (C=O) groups excluding carboxylic acids is 2. The van der Waals surface area contributed by atoms with Crippen LogP contribution < -0.4 is 10.6 Å². The SMILES string of the molecule is Cc1cc(-c2cccc(-c3csc(NC(=O)CNC(=O)c4cn(S(=O)(=O)C(C)C)c(C)c4C)n3)c2)ccn1. The highest BCUT2D eigenvalue weighted by atomic mass is 32.2. The van der Waals surface area contributed by atoms with Gasteiger partial charge in [-0.3, -0.25) is 14.6 Å². The second kappa shape index (κ2) is 10.9. The molecule has 11 heteroatoms. The number of pyridine rings is 1. The highest BCUT2D eigenvalue weighted by Crippen LogP contribution is 2.29. The van der Waals surface area contributed by atoms with Crippen LogP contribution in [-0.4, -0.2) is 46.0 Å². The fourth-order valence-electron chi connectivity index (χ4n) is 3.86. The normalized spacial score (nSPS) is 11.5. The van der Waals surface area contributed by atoms with Gasteiger partial charge in [0.1, 0.15) is 0 Å². The van der Waals surface area contributed by atoms with Crippen LogP contribution in [0, 0.1) is 20.8 Å². The molecule has 2 N–H and O–H groups in total. The lowest BCUT2D eigenvalue weighted by atomic mass is 10.0. The average molecular weight is 552 g/mol. The van der Waals surface area contributed by atoms with Gasteiger partial charge in [-0.05, 0) is 69.5 Å². The molecule has 198 valence electrons. The number of hydrogen-bond donors (Lipinski definition) is 2. The zero-order valence-electron chi connectivity index (χ0n) is 21.8. The van der Waals surface area contributed by atoms with E-state index in [2.05, 4.69) is 20.6 Å². The molecule has 0 bridgehead atoms. The van der Waals surface area contributed by atoms with Gasteiger partial charge in [-0.15, -0.1) is 11.3 Å². The molecule has 0 atom stereocenters. The van der Waals surface area contributed by atoms with Gasteiger partial charge in [-0.2, -0.15) is 0 Å². The summed E-state index contributed by atoms with van der Waals surface area (Å²) >= 11 is 1.28. The largest absolute Gasteiger partial charge is 0.343 e. The van der Waals surface area contributed by atoms with E-state index in [0.29, 0.717) is 16.4 Å². The lowest BCUT2D eigenvalue weighted by Crippen LogP contribution is -2.33. The first kappa shape index (κ1) is 27.2. The fourth-order valence-corrected chi connectivity index (χ4v) is 5.82. The minimum absolute atomic E-state index is 0.209. The molecule has 2 amide bonds. The molecule has 0 aliphatic heterocycles. The topological polar surface area (TPSA) is 123 Å². The van der Waals surface area contributed by atoms with Gasteiger partial charge < -0.3 is 10.6 Å². The van der Waals surface area contributed by atoms with E-state index in [1.54, 1.807) is 33.9 Å². The Hall–Kier alpha value is -3.83. The van der Waals surface area contributed by atoms with Crippen molar-refractivity contribution in [3.63, 3.8) is 0 Å². The van der Waals surface area contributed by atoms with Crippen molar-refractivity contribution in [3.05, 3.63) is 76.7 Å². The molecule has 4 aromatic rings. The highest BCUT2D eigenvalue weighted by molar-refractivity contribution is 7.90. The first-order chi connectivity index (χ1) is 18.0. The zero-order valence-corrected chi connectivity index (χ0v) is 23.4. The molecule has 0 spiro atoms. The van der Waals surface area contributed by atoms with E-state index in [1.807, 2.05) is 48.7 Å². The number of anilines is 1. The zero-order chi connectivity index (χ0) is 27.6. The van der Waals surface area contributed by atoms with E-state index in [1.165, 1.54) is 17.5 Å². The number of benzene rings is 1. The summed E-state index contributed by atoms with van der Waals surface area (Å²) in [5, 5.41) is 6.90. The number of thiazole rings is 1. The van der Waals surface area contributed by atoms with Crippen molar-refractivity contribution in [2.75, 3.05) is 11.9 Å². The molecule has 0 aliphatic carbocycles. The van der Waals surface area contributed by atoms with E-state index >= 15 is 0 Å². The third kappa shape index (κ3) is 5.68. The molecule has 3 heterocycles. The molecule has 9 nitrogen and oxygen atoms in total. The van der Waals surface area contributed by atoms with E-state index < -0.39 is 27.1 Å². The number of amides is 2. The van der Waals surface area contributed by atoms with Crippen molar-refractivity contribution in [1.82, 2.24) is 19.3 Å². The Morgan fingerprint density at radius 3 is 2.47 bits per heavy atom. The summed E-state index contributed by atoms with van der Waals surface area (Å²) in [5.74, 6) is -0.967. The quantitative estimate of drug-likeness (QED) is 0.331. The van der Waals surface area contributed by atoms with Crippen molar-refractivity contribution in [3.8, 4) is 22.4 Å². The Balaban J connectivity index is 1.40. The lowest BCUT2D eigenvalue weighted by molar-refractivity contribution is -0.115. The second-order valence-electron chi connectivity index (χ2n) is 9.18. The highest BCUT2D eigenvalue weighted by Gasteiger charge is 2.25. The molecule has 0 saturated heterocycles. The number of hydrogen-bond acceptors (Lipinski definition) is 7. The summed E-state index contributed by atoms with van der Waals surface area (Å²) in [5.41, 5.74) is 5.88. The van der Waals surface area contributed by atoms with E-state index in [0.717, 1.165) is 32.1 Å². The summed E-state index contributed by atoms with van der Waals surface area (Å²) in [6, 6.07) is 11.9. The van der Waals surface area contributed by atoms with Crippen molar-refractivity contribution in [2.45, 2.75) is 39.9 Å². The average Bonchev–Trinajstić information content (AvgIpc) is 3.47. The number of carbonyl (C=O) groups is 2. The molecule has 3 aromatic heterocycles. The van der Waals surface area contributed by atoms with Gasteiger partial charge >= 0.3 is 0 Å². The van der Waals surface area contributed by atoms with Gasteiger partial charge in [0.15, 0.2) is 5.13 Å². The molecule has 0 fully saturated rings. The van der Waals surface area contributed by atoms with Gasteiger partial charge in [0.05, 0.1) is 23.1 Å². The Labute approximate surface area is 226 Å². The van der Waals surface area contributed by atoms with Gasteiger partial charge in [-0.25, -0.2) is 17.4 Å². The Morgan fingerprint density at radius 2 is 1.76 bits per heavy atom. The van der Waals surface area contributed by atoms with Crippen molar-refractivity contribution >= 4 is 38.3 Å². The summed E-state index contributed by atoms with van der Waals surface area (Å²) in [6.07, 6.45) is 3.08. The van der Waals surface area contributed by atoms with E-state index in [-0.39, 0.29) is 12.1 Å². The van der Waals surface area contributed by atoms with Crippen LogP contribution in [-0.2, 0) is 14.8 Å². The number of aromatic nitrogens is 3. The molecule has 1 aromatic carbocycles. The maximum Gasteiger partial charge on any atom is 0.253 e. The molecule has 0 radical (unpaired) electrons. The van der Waals surface area contributed by atoms with Crippen molar-refractivity contribution in [1.29, 1.82) is 0 Å². The smallest absolute Gasteiger partial charge is 0.253 e. The van der Waals surface area contributed by atoms with Crippen molar-refractivity contribution < 1.29 is 18.0 Å². The van der Waals surface area contributed by atoms with Crippen molar-refractivity contribution in [2.24, 2.45) is 0 Å². The van der Waals surface area contributed by atoms with Crippen LogP contribution in [0.15, 0.2) is 54.2 Å². The van der Waals surface area contributed by atoms with Gasteiger partial charge in [-0.1, -0.05) is 18.2 Å². The van der Waals surface area contributed by atoms with Crippen LogP contribution in [0.5, 0.6) is 0 Å². The van der Waals surface area contributed by atoms with Crippen LogP contribution >= 0.6 is 11.3 Å².